The van der Waals surface area contributed by atoms with Gasteiger partial charge in [-0.15, -0.1) is 0 Å². The summed E-state index contributed by atoms with van der Waals surface area (Å²) < 4.78 is 10.2. The topological polar surface area (TPSA) is 76.7 Å². The molecule has 0 aliphatic rings. The van der Waals surface area contributed by atoms with Gasteiger partial charge in [-0.1, -0.05) is 0 Å². The summed E-state index contributed by atoms with van der Waals surface area (Å²) >= 11 is 0. The summed E-state index contributed by atoms with van der Waals surface area (Å²) in [6.07, 6.45) is 0. The van der Waals surface area contributed by atoms with E-state index in [4.69, 9.17) is 15.3 Å². The zero-order valence-electron chi connectivity index (χ0n) is 9.07. The largest absolute Gasteiger partial charge is 0.507 e. The van der Waals surface area contributed by atoms with Crippen molar-refractivity contribution in [1.29, 1.82) is 0 Å². The third-order valence-electron chi connectivity index (χ3n) is 2.25. The van der Waals surface area contributed by atoms with E-state index in [1.54, 1.807) is 13.2 Å². The van der Waals surface area contributed by atoms with Gasteiger partial charge in [-0.25, -0.2) is 0 Å². The molecule has 0 heterocycles. The van der Waals surface area contributed by atoms with Gasteiger partial charge < -0.3 is 14.6 Å². The van der Waals surface area contributed by atoms with E-state index >= 15 is 0 Å². The molecule has 1 aromatic carbocycles. The molecule has 1 atom stereocenters. The Morgan fingerprint density at radius 3 is 2.27 bits per heavy atom. The normalized spacial score (nSPS) is 12.3. The van der Waals surface area contributed by atoms with E-state index in [1.807, 2.05) is 6.92 Å². The average Bonchev–Trinajstić information content (AvgIpc) is 2.27. The predicted octanol–water partition coefficient (Wildman–Crippen LogP) is 0.934. The second kappa shape index (κ2) is 4.86. The summed E-state index contributed by atoms with van der Waals surface area (Å²) in [7, 11) is 3.06. The number of nitrogens with two attached hydrogens (primary N) is 1. The Balaban J connectivity index is 3.19. The Kier molecular flexibility index (Phi) is 3.76. The van der Waals surface area contributed by atoms with E-state index in [-0.39, 0.29) is 11.8 Å². The molecule has 1 rings (SSSR count). The highest BCUT2D eigenvalue weighted by Gasteiger charge is 2.14. The van der Waals surface area contributed by atoms with Crippen LogP contribution in [0.4, 0.5) is 0 Å². The van der Waals surface area contributed by atoms with Crippen LogP contribution in [0.5, 0.6) is 17.2 Å². The van der Waals surface area contributed by atoms with Crippen molar-refractivity contribution < 1.29 is 14.6 Å². The van der Waals surface area contributed by atoms with Crippen LogP contribution in [-0.2, 0) is 0 Å². The summed E-state index contributed by atoms with van der Waals surface area (Å²) in [6, 6.07) is 3.03. The van der Waals surface area contributed by atoms with Crippen LogP contribution in [0.25, 0.3) is 0 Å². The van der Waals surface area contributed by atoms with Crippen LogP contribution in [0.2, 0.25) is 0 Å². The lowest BCUT2D eigenvalue weighted by atomic mass is 10.1. The van der Waals surface area contributed by atoms with Crippen LogP contribution in [0.15, 0.2) is 12.1 Å². The maximum atomic E-state index is 9.71. The molecule has 84 valence electrons. The molecule has 0 radical (unpaired) electrons. The fourth-order valence-electron chi connectivity index (χ4n) is 1.32. The number of aromatic hydroxyl groups is 1. The van der Waals surface area contributed by atoms with Crippen molar-refractivity contribution in [3.63, 3.8) is 0 Å². The lowest BCUT2D eigenvalue weighted by Gasteiger charge is -2.15. The number of methoxy groups -OCH3 is 2. The minimum Gasteiger partial charge on any atom is -0.507 e. The molecule has 0 amide bonds. The molecule has 1 aromatic rings. The zero-order chi connectivity index (χ0) is 11.4. The molecule has 0 aromatic heterocycles. The van der Waals surface area contributed by atoms with Crippen molar-refractivity contribution in [2.45, 2.75) is 13.0 Å². The lowest BCUT2D eigenvalue weighted by Crippen LogP contribution is -2.25. The van der Waals surface area contributed by atoms with Gasteiger partial charge in [0.25, 0.3) is 0 Å². The van der Waals surface area contributed by atoms with Crippen LogP contribution in [-0.4, -0.2) is 19.3 Å². The number of benzene rings is 1. The first-order chi connectivity index (χ1) is 7.13. The van der Waals surface area contributed by atoms with Gasteiger partial charge >= 0.3 is 0 Å². The first kappa shape index (κ1) is 11.6. The van der Waals surface area contributed by atoms with Crippen LogP contribution < -0.4 is 20.7 Å². The number of hydrogen-bond acceptors (Lipinski definition) is 5. The number of hydrogen-bond donors (Lipinski definition) is 3. The van der Waals surface area contributed by atoms with E-state index in [0.717, 1.165) is 0 Å². The van der Waals surface area contributed by atoms with Gasteiger partial charge in [0.15, 0.2) is 11.5 Å². The molecule has 0 aliphatic carbocycles. The van der Waals surface area contributed by atoms with Gasteiger partial charge in [0.1, 0.15) is 5.75 Å². The second-order valence-corrected chi connectivity index (χ2v) is 3.15. The first-order valence-corrected chi connectivity index (χ1v) is 4.55. The van der Waals surface area contributed by atoms with Gasteiger partial charge in [-0.05, 0) is 13.0 Å². The van der Waals surface area contributed by atoms with Gasteiger partial charge in [-0.2, -0.15) is 0 Å². The number of hydrazine groups is 1. The minimum absolute atomic E-state index is 0.123. The molecule has 0 bridgehead atoms. The highest BCUT2D eigenvalue weighted by molar-refractivity contribution is 5.51. The Labute approximate surface area is 88.8 Å². The fourth-order valence-corrected chi connectivity index (χ4v) is 1.32. The molecule has 5 nitrogen and oxygen atoms in total. The van der Waals surface area contributed by atoms with E-state index in [9.17, 15) is 5.11 Å². The molecule has 0 spiro atoms. The summed E-state index contributed by atoms with van der Waals surface area (Å²) in [4.78, 5) is 0. The third-order valence-corrected chi connectivity index (χ3v) is 2.25. The Hall–Kier alpha value is -1.46. The van der Waals surface area contributed by atoms with E-state index in [1.165, 1.54) is 13.2 Å². The standard InChI is InChI=1S/C10H16N2O3/c1-6(12-11)7-4-9(14-2)10(15-3)5-8(7)13/h4-6,12-13H,11H2,1-3H3/t6-/m0/s1. The van der Waals surface area contributed by atoms with Crippen molar-refractivity contribution >= 4 is 0 Å². The number of phenolic OH excluding ortho intramolecular Hbond substituents is 1. The minimum atomic E-state index is -0.162. The Bertz CT molecular complexity index is 342. The first-order valence-electron chi connectivity index (χ1n) is 4.55. The highest BCUT2D eigenvalue weighted by atomic mass is 16.5. The van der Waals surface area contributed by atoms with Crippen molar-refractivity contribution in [1.82, 2.24) is 5.43 Å². The summed E-state index contributed by atoms with van der Waals surface area (Å²) in [6.45, 7) is 1.83. The van der Waals surface area contributed by atoms with E-state index in [0.29, 0.717) is 17.1 Å². The molecular formula is C10H16N2O3. The number of rotatable bonds is 4. The Morgan fingerprint density at radius 2 is 1.80 bits per heavy atom. The smallest absolute Gasteiger partial charge is 0.164 e. The van der Waals surface area contributed by atoms with Crippen molar-refractivity contribution in [3.05, 3.63) is 17.7 Å². The summed E-state index contributed by atoms with van der Waals surface area (Å²) in [5.74, 6) is 6.48. The number of nitrogens with one attached hydrogen (secondary N) is 1. The summed E-state index contributed by atoms with van der Waals surface area (Å²) in [5, 5.41) is 9.71. The zero-order valence-corrected chi connectivity index (χ0v) is 9.07. The number of phenols is 1. The van der Waals surface area contributed by atoms with E-state index < -0.39 is 0 Å². The molecule has 4 N–H and O–H groups in total. The average molecular weight is 212 g/mol. The van der Waals surface area contributed by atoms with Crippen molar-refractivity contribution in [3.8, 4) is 17.2 Å². The number of ether oxygens (including phenoxy) is 2. The molecule has 0 saturated carbocycles. The SMILES string of the molecule is COc1cc(O)c([C@H](C)NN)cc1OC. The Morgan fingerprint density at radius 1 is 1.27 bits per heavy atom. The summed E-state index contributed by atoms with van der Waals surface area (Å²) in [5.41, 5.74) is 3.22. The van der Waals surface area contributed by atoms with Crippen LogP contribution >= 0.6 is 0 Å². The van der Waals surface area contributed by atoms with Gasteiger partial charge in [-0.3, -0.25) is 11.3 Å². The van der Waals surface area contributed by atoms with Gasteiger partial charge in [0, 0.05) is 17.7 Å². The highest BCUT2D eigenvalue weighted by Crippen LogP contribution is 2.36. The van der Waals surface area contributed by atoms with Crippen LogP contribution in [0, 0.1) is 0 Å². The second-order valence-electron chi connectivity index (χ2n) is 3.15. The van der Waals surface area contributed by atoms with Crippen LogP contribution in [0.1, 0.15) is 18.5 Å². The van der Waals surface area contributed by atoms with Gasteiger partial charge in [0.05, 0.1) is 14.2 Å². The maximum absolute atomic E-state index is 9.71. The van der Waals surface area contributed by atoms with Crippen LogP contribution in [0.3, 0.4) is 0 Å². The lowest BCUT2D eigenvalue weighted by molar-refractivity contribution is 0.349. The third kappa shape index (κ3) is 2.31. The molecule has 5 heteroatoms. The van der Waals surface area contributed by atoms with Crippen molar-refractivity contribution in [2.75, 3.05) is 14.2 Å². The molecule has 0 fully saturated rings. The molecule has 0 unspecified atom stereocenters. The van der Waals surface area contributed by atoms with E-state index in [2.05, 4.69) is 5.43 Å². The molecule has 0 aliphatic heterocycles. The van der Waals surface area contributed by atoms with Crippen molar-refractivity contribution in [2.24, 2.45) is 5.84 Å². The monoisotopic (exact) mass is 212 g/mol. The van der Waals surface area contributed by atoms with Gasteiger partial charge in [0.2, 0.25) is 0 Å². The molecular weight excluding hydrogens is 196 g/mol. The predicted molar refractivity (Wildman–Crippen MR) is 56.9 cm³/mol. The molecule has 0 saturated heterocycles. The quantitative estimate of drug-likeness (QED) is 0.511. The fraction of sp³-hybridized carbons (Fsp3) is 0.400. The molecule has 15 heavy (non-hydrogen) atoms. The maximum Gasteiger partial charge on any atom is 0.164 e.